The van der Waals surface area contributed by atoms with Gasteiger partial charge in [0.05, 0.1) is 16.9 Å². The van der Waals surface area contributed by atoms with E-state index in [1.807, 2.05) is 42.5 Å². The van der Waals surface area contributed by atoms with Crippen molar-refractivity contribution in [3.63, 3.8) is 0 Å². The summed E-state index contributed by atoms with van der Waals surface area (Å²) in [7, 11) is 1.58. The molecule has 0 aliphatic rings. The van der Waals surface area contributed by atoms with Crippen LogP contribution in [-0.4, -0.2) is 25.8 Å². The summed E-state index contributed by atoms with van der Waals surface area (Å²) in [6.07, 6.45) is 3.25. The summed E-state index contributed by atoms with van der Waals surface area (Å²) in [4.78, 5) is 12.5. The van der Waals surface area contributed by atoms with Gasteiger partial charge in [0.15, 0.2) is 11.5 Å². The van der Waals surface area contributed by atoms with E-state index in [0.717, 1.165) is 19.9 Å². The zero-order chi connectivity index (χ0) is 19.9. The molecule has 0 saturated heterocycles. The van der Waals surface area contributed by atoms with Crippen LogP contribution in [0.2, 0.25) is 0 Å². The van der Waals surface area contributed by atoms with Crippen LogP contribution in [-0.2, 0) is 0 Å². The summed E-state index contributed by atoms with van der Waals surface area (Å²) in [5.41, 5.74) is 3.95. The number of methoxy groups -OCH3 is 1. The third-order valence-corrected chi connectivity index (χ3v) is 4.81. The van der Waals surface area contributed by atoms with Gasteiger partial charge in [-0.05, 0) is 57.1 Å². The fourth-order valence-electron chi connectivity index (χ4n) is 2.75. The lowest BCUT2D eigenvalue weighted by Crippen LogP contribution is -2.17. The smallest absolute Gasteiger partial charge is 0.271 e. The summed E-state index contributed by atoms with van der Waals surface area (Å²) in [6, 6.07) is 17.1. The van der Waals surface area contributed by atoms with Crippen molar-refractivity contribution >= 4 is 45.5 Å². The molecule has 0 atom stereocenters. The van der Waals surface area contributed by atoms with Crippen LogP contribution in [0.4, 0.5) is 0 Å². The van der Waals surface area contributed by atoms with Gasteiger partial charge < -0.3 is 9.47 Å². The van der Waals surface area contributed by atoms with Crippen molar-refractivity contribution in [3.05, 3.63) is 81.9 Å². The van der Waals surface area contributed by atoms with Crippen molar-refractivity contribution in [2.24, 2.45) is 5.10 Å². The number of halogens is 1. The number of carbonyl (C=O) groups is 1. The van der Waals surface area contributed by atoms with Crippen LogP contribution < -0.4 is 14.9 Å². The molecular weight excluding hydrogens is 467 g/mol. The Morgan fingerprint density at radius 3 is 2.79 bits per heavy atom. The van der Waals surface area contributed by atoms with E-state index < -0.39 is 0 Å². The van der Waals surface area contributed by atoms with Crippen LogP contribution in [0.1, 0.15) is 15.9 Å². The molecule has 3 aromatic rings. The second kappa shape index (κ2) is 9.36. The summed E-state index contributed by atoms with van der Waals surface area (Å²) in [5.74, 6) is 0.983. The van der Waals surface area contributed by atoms with Crippen LogP contribution in [0.25, 0.3) is 10.8 Å². The van der Waals surface area contributed by atoms with Crippen LogP contribution in [0, 0.1) is 3.57 Å². The lowest BCUT2D eigenvalue weighted by Gasteiger charge is -2.12. The van der Waals surface area contributed by atoms with Gasteiger partial charge in [-0.2, -0.15) is 5.10 Å². The maximum absolute atomic E-state index is 12.5. The van der Waals surface area contributed by atoms with E-state index >= 15 is 0 Å². The summed E-state index contributed by atoms with van der Waals surface area (Å²) in [6.45, 7) is 4.04. The predicted molar refractivity (Wildman–Crippen MR) is 120 cm³/mol. The molecule has 6 heteroatoms. The van der Waals surface area contributed by atoms with E-state index in [-0.39, 0.29) is 5.91 Å². The molecule has 3 aromatic carbocycles. The molecule has 0 aliphatic carbocycles. The van der Waals surface area contributed by atoms with E-state index in [2.05, 4.69) is 39.7 Å². The molecule has 0 saturated carbocycles. The Balaban J connectivity index is 1.77. The van der Waals surface area contributed by atoms with E-state index in [9.17, 15) is 4.79 Å². The second-order valence-electron chi connectivity index (χ2n) is 5.86. The highest BCUT2D eigenvalue weighted by Crippen LogP contribution is 2.33. The van der Waals surface area contributed by atoms with Crippen LogP contribution in [0.3, 0.4) is 0 Å². The molecule has 0 aliphatic heterocycles. The van der Waals surface area contributed by atoms with Gasteiger partial charge in [0.1, 0.15) is 6.61 Å². The minimum absolute atomic E-state index is 0.263. The van der Waals surface area contributed by atoms with Crippen LogP contribution >= 0.6 is 22.6 Å². The van der Waals surface area contributed by atoms with E-state index in [1.54, 1.807) is 31.5 Å². The van der Waals surface area contributed by atoms with Crippen LogP contribution in [0.5, 0.6) is 11.5 Å². The summed E-state index contributed by atoms with van der Waals surface area (Å²) in [5, 5.41) is 5.99. The minimum atomic E-state index is -0.263. The molecule has 0 unspecified atom stereocenters. The standard InChI is InChI=1S/C22H19IN2O3/c1-3-11-28-21-19(23)12-15(13-20(21)27-2)14-24-25-22(26)18-10-6-8-16-7-4-5-9-17(16)18/h3-10,12-14H,1,11H2,2H3,(H,25,26)/b24-14-. The van der Waals surface area contributed by atoms with Gasteiger partial charge in [-0.15, -0.1) is 0 Å². The van der Waals surface area contributed by atoms with E-state index in [1.165, 1.54) is 0 Å². The van der Waals surface area contributed by atoms with Gasteiger partial charge in [0.25, 0.3) is 5.91 Å². The molecule has 0 bridgehead atoms. The molecule has 3 rings (SSSR count). The third kappa shape index (κ3) is 4.51. The minimum Gasteiger partial charge on any atom is -0.493 e. The second-order valence-corrected chi connectivity index (χ2v) is 7.02. The fraction of sp³-hybridized carbons (Fsp3) is 0.0909. The predicted octanol–water partition coefficient (Wildman–Crippen LogP) is 4.78. The Bertz CT molecular complexity index is 1040. The number of hydrogen-bond donors (Lipinski definition) is 1. The Kier molecular flexibility index (Phi) is 6.65. The highest BCUT2D eigenvalue weighted by atomic mass is 127. The fourth-order valence-corrected chi connectivity index (χ4v) is 3.53. The van der Waals surface area contributed by atoms with Crippen LogP contribution in [0.15, 0.2) is 72.4 Å². The number of benzene rings is 3. The van der Waals surface area contributed by atoms with Crippen molar-refractivity contribution in [1.29, 1.82) is 0 Å². The van der Waals surface area contributed by atoms with Gasteiger partial charge in [-0.1, -0.05) is 49.1 Å². The number of amides is 1. The first-order valence-electron chi connectivity index (χ1n) is 8.56. The molecule has 0 radical (unpaired) electrons. The monoisotopic (exact) mass is 486 g/mol. The Morgan fingerprint density at radius 2 is 2.00 bits per heavy atom. The van der Waals surface area contributed by atoms with Crippen molar-refractivity contribution in [3.8, 4) is 11.5 Å². The molecule has 1 N–H and O–H groups in total. The molecule has 0 spiro atoms. The van der Waals surface area contributed by atoms with E-state index in [0.29, 0.717) is 23.7 Å². The first kappa shape index (κ1) is 19.9. The average Bonchev–Trinajstić information content (AvgIpc) is 2.72. The number of rotatable bonds is 7. The zero-order valence-corrected chi connectivity index (χ0v) is 17.5. The molecule has 0 heterocycles. The maximum Gasteiger partial charge on any atom is 0.271 e. The number of nitrogens with one attached hydrogen (secondary N) is 1. The van der Waals surface area contributed by atoms with Gasteiger partial charge >= 0.3 is 0 Å². The molecule has 0 fully saturated rings. The number of hydrogen-bond acceptors (Lipinski definition) is 4. The molecule has 142 valence electrons. The maximum atomic E-state index is 12.5. The first-order chi connectivity index (χ1) is 13.6. The Labute approximate surface area is 177 Å². The SMILES string of the molecule is C=CCOc1c(I)cc(/C=N\NC(=O)c2cccc3ccccc23)cc1OC. The molecule has 0 aromatic heterocycles. The summed E-state index contributed by atoms with van der Waals surface area (Å²) >= 11 is 2.17. The molecule has 5 nitrogen and oxygen atoms in total. The quantitative estimate of drug-likeness (QED) is 0.226. The number of ether oxygens (including phenoxy) is 2. The number of fused-ring (bicyclic) bond motifs is 1. The normalized spacial score (nSPS) is 10.8. The highest BCUT2D eigenvalue weighted by molar-refractivity contribution is 14.1. The zero-order valence-electron chi connectivity index (χ0n) is 15.3. The largest absolute Gasteiger partial charge is 0.493 e. The van der Waals surface area contributed by atoms with Crippen molar-refractivity contribution < 1.29 is 14.3 Å². The number of nitrogens with zero attached hydrogens (tertiary/aromatic N) is 1. The molecule has 1 amide bonds. The van der Waals surface area contributed by atoms with Crippen molar-refractivity contribution in [2.75, 3.05) is 13.7 Å². The van der Waals surface area contributed by atoms with Crippen molar-refractivity contribution in [1.82, 2.24) is 5.43 Å². The summed E-state index contributed by atoms with van der Waals surface area (Å²) < 4.78 is 11.9. The first-order valence-corrected chi connectivity index (χ1v) is 9.64. The molecule has 28 heavy (non-hydrogen) atoms. The third-order valence-electron chi connectivity index (χ3n) is 4.01. The Hall–Kier alpha value is -2.87. The highest BCUT2D eigenvalue weighted by Gasteiger charge is 2.11. The lowest BCUT2D eigenvalue weighted by atomic mass is 10.0. The van der Waals surface area contributed by atoms with Gasteiger partial charge in [-0.25, -0.2) is 5.43 Å². The van der Waals surface area contributed by atoms with Crippen molar-refractivity contribution in [2.45, 2.75) is 0 Å². The Morgan fingerprint density at radius 1 is 1.21 bits per heavy atom. The average molecular weight is 486 g/mol. The topological polar surface area (TPSA) is 59.9 Å². The molecular formula is C22H19IN2O3. The lowest BCUT2D eigenvalue weighted by molar-refractivity contribution is 0.0957. The van der Waals surface area contributed by atoms with E-state index in [4.69, 9.17) is 9.47 Å². The van der Waals surface area contributed by atoms with Gasteiger partial charge in [0, 0.05) is 5.56 Å². The number of hydrazone groups is 1. The van der Waals surface area contributed by atoms with Gasteiger partial charge in [-0.3, -0.25) is 4.79 Å². The number of carbonyl (C=O) groups excluding carboxylic acids is 1. The van der Waals surface area contributed by atoms with Gasteiger partial charge in [0.2, 0.25) is 0 Å².